The van der Waals surface area contributed by atoms with Gasteiger partial charge in [0.25, 0.3) is 0 Å². The van der Waals surface area contributed by atoms with Crippen molar-refractivity contribution in [1.29, 1.82) is 0 Å². The monoisotopic (exact) mass is 386 g/mol. The number of hydrogen-bond acceptors (Lipinski definition) is 3. The minimum absolute atomic E-state index is 0.0156. The van der Waals surface area contributed by atoms with E-state index in [0.29, 0.717) is 31.5 Å². The third kappa shape index (κ3) is 4.40. The van der Waals surface area contributed by atoms with Gasteiger partial charge in [0.2, 0.25) is 11.8 Å². The van der Waals surface area contributed by atoms with Gasteiger partial charge in [-0.1, -0.05) is 18.2 Å². The van der Waals surface area contributed by atoms with E-state index in [0.717, 1.165) is 5.82 Å². The van der Waals surface area contributed by atoms with Gasteiger partial charge in [0.05, 0.1) is 12.5 Å². The first-order chi connectivity index (χ1) is 13.4. The summed E-state index contributed by atoms with van der Waals surface area (Å²) in [5, 5.41) is 0. The average molecular weight is 386 g/mol. The van der Waals surface area contributed by atoms with Crippen LogP contribution in [0, 0.1) is 11.7 Å². The predicted molar refractivity (Wildman–Crippen MR) is 103 cm³/mol. The fraction of sp³-hybridized carbons (Fsp3) is 0.476. The van der Waals surface area contributed by atoms with E-state index in [2.05, 4.69) is 4.98 Å². The van der Waals surface area contributed by atoms with E-state index in [9.17, 15) is 14.0 Å². The van der Waals surface area contributed by atoms with E-state index >= 15 is 0 Å². The second-order valence-corrected chi connectivity index (χ2v) is 7.62. The summed E-state index contributed by atoms with van der Waals surface area (Å²) < 4.78 is 15.9. The Labute approximate surface area is 165 Å². The van der Waals surface area contributed by atoms with Crippen molar-refractivity contribution in [3.05, 3.63) is 53.9 Å². The topological polar surface area (TPSA) is 58.4 Å². The highest BCUT2D eigenvalue weighted by Gasteiger charge is 2.34. The number of rotatable bonds is 6. The molecule has 0 aliphatic carbocycles. The molecule has 1 fully saturated rings. The van der Waals surface area contributed by atoms with Gasteiger partial charge in [-0.05, 0) is 26.3 Å². The molecule has 2 heterocycles. The lowest BCUT2D eigenvalue weighted by atomic mass is 9.95. The number of imidazole rings is 1. The first kappa shape index (κ1) is 20.0. The number of hydrogen-bond donors (Lipinski definition) is 0. The molecule has 0 N–H and O–H groups in total. The van der Waals surface area contributed by atoms with Gasteiger partial charge in [0.1, 0.15) is 11.6 Å². The number of halogens is 1. The van der Waals surface area contributed by atoms with Crippen LogP contribution in [0.15, 0.2) is 36.7 Å². The van der Waals surface area contributed by atoms with Gasteiger partial charge in [-0.25, -0.2) is 9.37 Å². The average Bonchev–Trinajstić information content (AvgIpc) is 3.07. The fourth-order valence-corrected chi connectivity index (χ4v) is 3.55. The summed E-state index contributed by atoms with van der Waals surface area (Å²) in [5.41, 5.74) is 0.470. The third-order valence-corrected chi connectivity index (χ3v) is 5.31. The van der Waals surface area contributed by atoms with Crippen molar-refractivity contribution < 1.29 is 14.0 Å². The van der Waals surface area contributed by atoms with Gasteiger partial charge in [-0.15, -0.1) is 0 Å². The van der Waals surface area contributed by atoms with Crippen LogP contribution in [0.3, 0.4) is 0 Å². The van der Waals surface area contributed by atoms with Crippen LogP contribution in [-0.2, 0) is 29.7 Å². The van der Waals surface area contributed by atoms with E-state index in [4.69, 9.17) is 0 Å². The van der Waals surface area contributed by atoms with E-state index in [1.54, 1.807) is 29.3 Å². The molecule has 1 aliphatic heterocycles. The Morgan fingerprint density at radius 1 is 1.36 bits per heavy atom. The summed E-state index contributed by atoms with van der Waals surface area (Å²) >= 11 is 0. The Morgan fingerprint density at radius 2 is 2.11 bits per heavy atom. The van der Waals surface area contributed by atoms with Crippen LogP contribution in [0.2, 0.25) is 0 Å². The zero-order valence-corrected chi connectivity index (χ0v) is 16.6. The molecule has 1 aromatic carbocycles. The number of carbonyl (C=O) groups is 2. The van der Waals surface area contributed by atoms with E-state index in [1.165, 1.54) is 6.07 Å². The number of aryl methyl sites for hydroxylation is 1. The number of amides is 2. The molecule has 6 nitrogen and oxygen atoms in total. The van der Waals surface area contributed by atoms with Crippen LogP contribution < -0.4 is 0 Å². The van der Waals surface area contributed by atoms with Gasteiger partial charge in [0.15, 0.2) is 0 Å². The summed E-state index contributed by atoms with van der Waals surface area (Å²) in [6, 6.07) is 6.46. The summed E-state index contributed by atoms with van der Waals surface area (Å²) in [6.07, 6.45) is 4.40. The minimum Gasteiger partial charge on any atom is -0.337 e. The maximum absolute atomic E-state index is 14.0. The van der Waals surface area contributed by atoms with Crippen molar-refractivity contribution in [1.82, 2.24) is 19.4 Å². The molecule has 150 valence electrons. The maximum atomic E-state index is 14.0. The van der Waals surface area contributed by atoms with Crippen LogP contribution >= 0.6 is 0 Å². The van der Waals surface area contributed by atoms with Crippen molar-refractivity contribution in [2.24, 2.45) is 13.0 Å². The maximum Gasteiger partial charge on any atom is 0.228 e. The second-order valence-electron chi connectivity index (χ2n) is 7.62. The molecule has 2 amide bonds. The zero-order valence-electron chi connectivity index (χ0n) is 16.6. The minimum atomic E-state index is -0.331. The predicted octanol–water partition coefficient (Wildman–Crippen LogP) is 2.74. The molecule has 1 atom stereocenters. The van der Waals surface area contributed by atoms with Crippen LogP contribution in [0.1, 0.15) is 38.1 Å². The van der Waals surface area contributed by atoms with Crippen molar-refractivity contribution in [2.75, 3.05) is 6.54 Å². The Balaban J connectivity index is 1.72. The first-order valence-electron chi connectivity index (χ1n) is 9.64. The highest BCUT2D eigenvalue weighted by atomic mass is 19.1. The van der Waals surface area contributed by atoms with Crippen molar-refractivity contribution in [3.63, 3.8) is 0 Å². The second kappa shape index (κ2) is 8.54. The smallest absolute Gasteiger partial charge is 0.228 e. The fourth-order valence-electron chi connectivity index (χ4n) is 3.55. The van der Waals surface area contributed by atoms with Gasteiger partial charge in [0, 0.05) is 50.6 Å². The Bertz CT molecular complexity index is 848. The molecule has 7 heteroatoms. The molecule has 1 aliphatic rings. The molecule has 28 heavy (non-hydrogen) atoms. The van der Waals surface area contributed by atoms with E-state index in [-0.39, 0.29) is 36.1 Å². The standard InChI is InChI=1S/C21H27FN4O2/c1-15(2)26(14-19-23-10-11-24(19)3)21(28)17-8-9-20(27)25(13-17)12-16-6-4-5-7-18(16)22/h4-7,10-11,15,17H,8-9,12-14H2,1-3H3/t17-/m1/s1. The molecular formula is C21H27FN4O2. The lowest BCUT2D eigenvalue weighted by Crippen LogP contribution is -2.48. The summed E-state index contributed by atoms with van der Waals surface area (Å²) in [4.78, 5) is 33.3. The van der Waals surface area contributed by atoms with Crippen molar-refractivity contribution in [2.45, 2.75) is 45.8 Å². The van der Waals surface area contributed by atoms with E-state index in [1.807, 2.05) is 36.6 Å². The molecule has 2 aromatic rings. The molecule has 1 saturated heterocycles. The number of piperidine rings is 1. The normalized spacial score (nSPS) is 17.2. The lowest BCUT2D eigenvalue weighted by Gasteiger charge is -2.36. The molecule has 0 saturated carbocycles. The zero-order chi connectivity index (χ0) is 20.3. The lowest BCUT2D eigenvalue weighted by molar-refractivity contribution is -0.145. The highest BCUT2D eigenvalue weighted by Crippen LogP contribution is 2.24. The SMILES string of the molecule is CC(C)N(Cc1nccn1C)C(=O)[C@@H]1CCC(=O)N(Cc2ccccc2F)C1. The molecule has 0 unspecified atom stereocenters. The molecule has 3 rings (SSSR count). The number of benzene rings is 1. The Hall–Kier alpha value is -2.70. The molecular weight excluding hydrogens is 359 g/mol. The van der Waals surface area contributed by atoms with Crippen LogP contribution in [0.25, 0.3) is 0 Å². The van der Waals surface area contributed by atoms with Crippen molar-refractivity contribution in [3.8, 4) is 0 Å². The van der Waals surface area contributed by atoms with Gasteiger partial charge >= 0.3 is 0 Å². The largest absolute Gasteiger partial charge is 0.337 e. The van der Waals surface area contributed by atoms with Crippen molar-refractivity contribution >= 4 is 11.8 Å². The van der Waals surface area contributed by atoms with E-state index < -0.39 is 0 Å². The van der Waals surface area contributed by atoms with Crippen LogP contribution in [0.5, 0.6) is 0 Å². The number of carbonyl (C=O) groups excluding carboxylic acids is 2. The Morgan fingerprint density at radius 3 is 2.75 bits per heavy atom. The van der Waals surface area contributed by atoms with Crippen LogP contribution in [0.4, 0.5) is 4.39 Å². The summed E-state index contributed by atoms with van der Waals surface area (Å²) in [5.74, 6) is 0.183. The van der Waals surface area contributed by atoms with Crippen LogP contribution in [-0.4, -0.2) is 43.8 Å². The van der Waals surface area contributed by atoms with Gasteiger partial charge < -0.3 is 14.4 Å². The third-order valence-electron chi connectivity index (χ3n) is 5.31. The quantitative estimate of drug-likeness (QED) is 0.767. The van der Waals surface area contributed by atoms with Gasteiger partial charge in [-0.3, -0.25) is 9.59 Å². The molecule has 1 aromatic heterocycles. The highest BCUT2D eigenvalue weighted by molar-refractivity contribution is 5.84. The first-order valence-corrected chi connectivity index (χ1v) is 9.64. The molecule has 0 radical (unpaired) electrons. The summed E-state index contributed by atoms with van der Waals surface area (Å²) in [7, 11) is 1.90. The van der Waals surface area contributed by atoms with Gasteiger partial charge in [-0.2, -0.15) is 0 Å². The number of nitrogens with zero attached hydrogens (tertiary/aromatic N) is 4. The number of likely N-dealkylation sites (tertiary alicyclic amines) is 1. The number of aromatic nitrogens is 2. The Kier molecular flexibility index (Phi) is 6.11. The molecule has 0 spiro atoms. The summed E-state index contributed by atoms with van der Waals surface area (Å²) in [6.45, 7) is 4.89. The molecule has 0 bridgehead atoms.